The van der Waals surface area contributed by atoms with Crippen LogP contribution in [0.25, 0.3) is 11.4 Å². The van der Waals surface area contributed by atoms with Crippen LogP contribution < -0.4 is 4.74 Å². The molecule has 1 aliphatic rings. The third-order valence-electron chi connectivity index (χ3n) is 4.15. The van der Waals surface area contributed by atoms with Crippen LogP contribution >= 0.6 is 0 Å². The van der Waals surface area contributed by atoms with Gasteiger partial charge in [-0.2, -0.15) is 4.98 Å². The van der Waals surface area contributed by atoms with Crippen LogP contribution in [-0.2, 0) is 17.7 Å². The lowest BCUT2D eigenvalue weighted by molar-refractivity contribution is 0.0220. The van der Waals surface area contributed by atoms with Crippen LogP contribution in [0.5, 0.6) is 5.88 Å². The number of amides is 1. The van der Waals surface area contributed by atoms with Gasteiger partial charge in [0.25, 0.3) is 0 Å². The number of benzene rings is 1. The number of fused-ring (bicyclic) bond motifs is 1. The molecule has 0 saturated carbocycles. The topological polar surface area (TPSA) is 64.6 Å². The normalized spacial score (nSPS) is 13.9. The Kier molecular flexibility index (Phi) is 5.63. The summed E-state index contributed by atoms with van der Waals surface area (Å²) < 4.78 is 11.4. The van der Waals surface area contributed by atoms with E-state index >= 15 is 0 Å². The Labute approximate surface area is 160 Å². The molecule has 2 heterocycles. The first kappa shape index (κ1) is 19.1. The Morgan fingerprint density at radius 1 is 1.19 bits per heavy atom. The van der Waals surface area contributed by atoms with Crippen molar-refractivity contribution in [2.24, 2.45) is 0 Å². The first-order valence-electron chi connectivity index (χ1n) is 9.43. The summed E-state index contributed by atoms with van der Waals surface area (Å²) in [5, 5.41) is 0. The summed E-state index contributed by atoms with van der Waals surface area (Å²) in [7, 11) is 0. The summed E-state index contributed by atoms with van der Waals surface area (Å²) in [5.74, 6) is 1.22. The van der Waals surface area contributed by atoms with Crippen LogP contribution in [0.15, 0.2) is 30.3 Å². The highest BCUT2D eigenvalue weighted by molar-refractivity contribution is 5.69. The number of carbonyl (C=O) groups excluding carboxylic acids is 1. The quantitative estimate of drug-likeness (QED) is 0.807. The van der Waals surface area contributed by atoms with E-state index in [-0.39, 0.29) is 6.09 Å². The fourth-order valence-electron chi connectivity index (χ4n) is 2.90. The number of rotatable bonds is 4. The zero-order valence-corrected chi connectivity index (χ0v) is 16.5. The van der Waals surface area contributed by atoms with Gasteiger partial charge in [-0.3, -0.25) is 0 Å². The number of nitrogens with zero attached hydrogens (tertiary/aromatic N) is 3. The monoisotopic (exact) mass is 369 g/mol. The molecule has 6 nitrogen and oxygen atoms in total. The summed E-state index contributed by atoms with van der Waals surface area (Å²) in [6.07, 6.45) is 1.22. The average Bonchev–Trinajstić information content (AvgIpc) is 2.64. The number of ether oxygens (including phenoxy) is 2. The van der Waals surface area contributed by atoms with Crippen LogP contribution in [0, 0.1) is 0 Å². The van der Waals surface area contributed by atoms with Gasteiger partial charge in [0.05, 0.1) is 24.4 Å². The fraction of sp³-hybridized carbons (Fsp3) is 0.476. The van der Waals surface area contributed by atoms with Crippen molar-refractivity contribution in [3.05, 3.63) is 41.6 Å². The molecule has 0 spiro atoms. The molecule has 0 saturated heterocycles. The third-order valence-corrected chi connectivity index (χ3v) is 4.15. The largest absolute Gasteiger partial charge is 0.477 e. The van der Waals surface area contributed by atoms with Crippen molar-refractivity contribution in [1.29, 1.82) is 0 Å². The molecule has 0 fully saturated rings. The van der Waals surface area contributed by atoms with Gasteiger partial charge in [-0.15, -0.1) is 0 Å². The zero-order valence-electron chi connectivity index (χ0n) is 16.5. The van der Waals surface area contributed by atoms with E-state index in [0.29, 0.717) is 37.8 Å². The molecule has 0 unspecified atom stereocenters. The minimum absolute atomic E-state index is 0.318. The first-order chi connectivity index (χ1) is 12.9. The predicted octanol–water partition coefficient (Wildman–Crippen LogP) is 4.23. The molecule has 0 aliphatic carbocycles. The molecule has 0 atom stereocenters. The van der Waals surface area contributed by atoms with E-state index in [9.17, 15) is 4.79 Å². The van der Waals surface area contributed by atoms with Crippen LogP contribution in [-0.4, -0.2) is 39.7 Å². The number of hydrogen-bond acceptors (Lipinski definition) is 5. The second-order valence-corrected chi connectivity index (χ2v) is 7.64. The molecular formula is C21H27N3O3. The SMILES string of the molecule is CCCOc1nc(-c2ccccc2)nc2c1CN(C(=O)OC(C)(C)C)CC2. The van der Waals surface area contributed by atoms with Crippen molar-refractivity contribution in [3.63, 3.8) is 0 Å². The van der Waals surface area contributed by atoms with Crippen molar-refractivity contribution in [3.8, 4) is 17.3 Å². The highest BCUT2D eigenvalue weighted by Gasteiger charge is 2.29. The minimum Gasteiger partial charge on any atom is -0.477 e. The molecule has 2 aromatic rings. The van der Waals surface area contributed by atoms with Crippen LogP contribution in [0.1, 0.15) is 45.4 Å². The lowest BCUT2D eigenvalue weighted by Crippen LogP contribution is -2.40. The first-order valence-corrected chi connectivity index (χ1v) is 9.43. The maximum absolute atomic E-state index is 12.5. The van der Waals surface area contributed by atoms with Gasteiger partial charge < -0.3 is 14.4 Å². The molecule has 27 heavy (non-hydrogen) atoms. The number of hydrogen-bond donors (Lipinski definition) is 0. The van der Waals surface area contributed by atoms with Gasteiger partial charge in [-0.1, -0.05) is 37.3 Å². The van der Waals surface area contributed by atoms with Crippen LogP contribution in [0.4, 0.5) is 4.79 Å². The van der Waals surface area contributed by atoms with E-state index in [1.54, 1.807) is 4.90 Å². The van der Waals surface area contributed by atoms with Crippen molar-refractivity contribution >= 4 is 6.09 Å². The van der Waals surface area contributed by atoms with Gasteiger partial charge in [-0.25, -0.2) is 9.78 Å². The van der Waals surface area contributed by atoms with Crippen molar-refractivity contribution < 1.29 is 14.3 Å². The van der Waals surface area contributed by atoms with Gasteiger partial charge >= 0.3 is 6.09 Å². The van der Waals surface area contributed by atoms with Gasteiger partial charge in [0.1, 0.15) is 5.60 Å². The summed E-state index contributed by atoms with van der Waals surface area (Å²) in [6.45, 7) is 9.21. The standard InChI is InChI=1S/C21H27N3O3/c1-5-13-26-19-16-14-24(20(25)27-21(2,3)4)12-11-17(16)22-18(23-19)15-9-7-6-8-10-15/h6-10H,5,11-14H2,1-4H3. The molecule has 3 rings (SSSR count). The predicted molar refractivity (Wildman–Crippen MR) is 104 cm³/mol. The zero-order chi connectivity index (χ0) is 19.4. The Balaban J connectivity index is 1.91. The number of carbonyl (C=O) groups is 1. The second-order valence-electron chi connectivity index (χ2n) is 7.64. The lowest BCUT2D eigenvalue weighted by Gasteiger charge is -2.31. The molecular weight excluding hydrogens is 342 g/mol. The Morgan fingerprint density at radius 2 is 1.93 bits per heavy atom. The minimum atomic E-state index is -0.521. The lowest BCUT2D eigenvalue weighted by atomic mass is 10.1. The smallest absolute Gasteiger partial charge is 0.410 e. The summed E-state index contributed by atoms with van der Waals surface area (Å²) in [5.41, 5.74) is 2.25. The van der Waals surface area contributed by atoms with Crippen LogP contribution in [0.3, 0.4) is 0 Å². The number of aromatic nitrogens is 2. The maximum Gasteiger partial charge on any atom is 0.410 e. The van der Waals surface area contributed by atoms with Gasteiger partial charge in [-0.05, 0) is 27.2 Å². The average molecular weight is 369 g/mol. The summed E-state index contributed by atoms with van der Waals surface area (Å²) >= 11 is 0. The van der Waals surface area contributed by atoms with E-state index in [1.807, 2.05) is 51.1 Å². The molecule has 1 aromatic carbocycles. The molecule has 0 N–H and O–H groups in total. The van der Waals surface area contributed by atoms with Crippen LogP contribution in [0.2, 0.25) is 0 Å². The Hall–Kier alpha value is -2.63. The molecule has 6 heteroatoms. The van der Waals surface area contributed by atoms with Gasteiger partial charge in [0.2, 0.25) is 5.88 Å². The molecule has 1 amide bonds. The van der Waals surface area contributed by atoms with E-state index in [1.165, 1.54) is 0 Å². The third kappa shape index (κ3) is 4.76. The van der Waals surface area contributed by atoms with Crippen molar-refractivity contribution in [1.82, 2.24) is 14.9 Å². The molecule has 0 bridgehead atoms. The van der Waals surface area contributed by atoms with Crippen molar-refractivity contribution in [2.75, 3.05) is 13.2 Å². The molecule has 0 radical (unpaired) electrons. The van der Waals surface area contributed by atoms with Crippen molar-refractivity contribution in [2.45, 2.75) is 52.7 Å². The maximum atomic E-state index is 12.5. The van der Waals surface area contributed by atoms with Gasteiger partial charge in [0.15, 0.2) is 5.82 Å². The summed E-state index contributed by atoms with van der Waals surface area (Å²) in [4.78, 5) is 23.6. The molecule has 144 valence electrons. The van der Waals surface area contributed by atoms with E-state index in [2.05, 4.69) is 11.9 Å². The summed E-state index contributed by atoms with van der Waals surface area (Å²) in [6, 6.07) is 9.88. The highest BCUT2D eigenvalue weighted by atomic mass is 16.6. The Bertz CT molecular complexity index is 800. The van der Waals surface area contributed by atoms with Gasteiger partial charge in [0, 0.05) is 18.5 Å². The highest BCUT2D eigenvalue weighted by Crippen LogP contribution is 2.29. The molecule has 1 aromatic heterocycles. The van der Waals surface area contributed by atoms with E-state index in [0.717, 1.165) is 23.2 Å². The van der Waals surface area contributed by atoms with E-state index < -0.39 is 5.60 Å². The van der Waals surface area contributed by atoms with E-state index in [4.69, 9.17) is 14.5 Å². The Morgan fingerprint density at radius 3 is 2.59 bits per heavy atom. The fourth-order valence-corrected chi connectivity index (χ4v) is 2.90. The molecule has 1 aliphatic heterocycles. The second kappa shape index (κ2) is 7.94.